The average molecular weight is 202 g/mol. The van der Waals surface area contributed by atoms with Crippen LogP contribution in [0.1, 0.15) is 12.6 Å². The summed E-state index contributed by atoms with van der Waals surface area (Å²) in [5.74, 6) is 0. The van der Waals surface area contributed by atoms with Gasteiger partial charge >= 0.3 is 0 Å². The fourth-order valence-electron chi connectivity index (χ4n) is 1.71. The van der Waals surface area contributed by atoms with E-state index in [1.165, 1.54) is 16.5 Å². The fraction of sp³-hybridized carbons (Fsp3) is 0.273. The Kier molecular flexibility index (Phi) is 2.61. The first-order chi connectivity index (χ1) is 7.31. The van der Waals surface area contributed by atoms with Crippen LogP contribution >= 0.6 is 0 Å². The third-order valence-electron chi connectivity index (χ3n) is 2.47. The monoisotopic (exact) mass is 202 g/mol. The van der Waals surface area contributed by atoms with Crippen LogP contribution in [0, 0.1) is 6.92 Å². The van der Waals surface area contributed by atoms with Gasteiger partial charge in [0, 0.05) is 30.0 Å². The van der Waals surface area contributed by atoms with E-state index in [4.69, 9.17) is 5.53 Å². The summed E-state index contributed by atoms with van der Waals surface area (Å²) < 4.78 is 0. The van der Waals surface area contributed by atoms with Gasteiger partial charge in [-0.3, -0.25) is 0 Å². The Morgan fingerprint density at radius 2 is 2.40 bits per heavy atom. The normalized spacial score (nSPS) is 10.2. The molecule has 0 atom stereocenters. The molecular formula is C11H14N4. The largest absolute Gasteiger partial charge is 0.361 e. The van der Waals surface area contributed by atoms with Crippen molar-refractivity contribution in [3.8, 4) is 0 Å². The highest BCUT2D eigenvalue weighted by molar-refractivity contribution is 5.83. The van der Waals surface area contributed by atoms with Gasteiger partial charge in [-0.2, -0.15) is 0 Å². The van der Waals surface area contributed by atoms with Crippen molar-refractivity contribution in [2.75, 3.05) is 6.54 Å². The Labute approximate surface area is 89.0 Å². The molecule has 15 heavy (non-hydrogen) atoms. The van der Waals surface area contributed by atoms with E-state index in [0.29, 0.717) is 6.54 Å². The number of benzene rings is 1. The summed E-state index contributed by atoms with van der Waals surface area (Å²) in [6, 6.07) is 6.30. The van der Waals surface area contributed by atoms with Crippen molar-refractivity contribution in [2.45, 2.75) is 13.3 Å². The molecule has 1 N–H and O–H groups in total. The summed E-state index contributed by atoms with van der Waals surface area (Å²) in [6.45, 7) is 2.58. The van der Waals surface area contributed by atoms with Crippen LogP contribution in [0.15, 0.2) is 29.5 Å². The second kappa shape index (κ2) is 4.07. The number of nitrogens with one attached hydrogen (secondary N) is 1. The second-order valence-corrected chi connectivity index (χ2v) is 3.57. The minimum absolute atomic E-state index is 0. The maximum absolute atomic E-state index is 8.20. The summed E-state index contributed by atoms with van der Waals surface area (Å²) in [5, 5.41) is 4.77. The van der Waals surface area contributed by atoms with E-state index >= 15 is 0 Å². The number of H-pyrrole nitrogens is 1. The van der Waals surface area contributed by atoms with Crippen LogP contribution in [0.3, 0.4) is 0 Å². The highest BCUT2D eigenvalue weighted by Gasteiger charge is 2.02. The molecule has 0 aliphatic carbocycles. The number of nitrogens with zero attached hydrogens (tertiary/aromatic N) is 3. The molecule has 0 amide bonds. The Morgan fingerprint density at radius 3 is 3.20 bits per heavy atom. The van der Waals surface area contributed by atoms with Gasteiger partial charge in [0.15, 0.2) is 0 Å². The van der Waals surface area contributed by atoms with Crippen LogP contribution in [0.25, 0.3) is 21.3 Å². The number of aryl methyl sites for hydroxylation is 1. The number of rotatable bonds is 3. The van der Waals surface area contributed by atoms with Crippen LogP contribution < -0.4 is 0 Å². The van der Waals surface area contributed by atoms with E-state index < -0.39 is 0 Å². The summed E-state index contributed by atoms with van der Waals surface area (Å²) >= 11 is 0. The van der Waals surface area contributed by atoms with Gasteiger partial charge in [-0.25, -0.2) is 0 Å². The fourth-order valence-corrected chi connectivity index (χ4v) is 1.71. The summed E-state index contributed by atoms with van der Waals surface area (Å²) in [5.41, 5.74) is 11.8. The molecule has 0 saturated heterocycles. The minimum atomic E-state index is 0. The smallest absolute Gasteiger partial charge is 0.0456 e. The number of fused-ring (bicyclic) bond motifs is 1. The van der Waals surface area contributed by atoms with Gasteiger partial charge in [0.25, 0.3) is 0 Å². The predicted molar refractivity (Wildman–Crippen MR) is 62.9 cm³/mol. The van der Waals surface area contributed by atoms with Gasteiger partial charge in [-0.05, 0) is 36.6 Å². The number of azide groups is 1. The summed E-state index contributed by atoms with van der Waals surface area (Å²) in [7, 11) is 0. The molecule has 1 heterocycles. The van der Waals surface area contributed by atoms with Crippen molar-refractivity contribution in [1.82, 2.24) is 4.98 Å². The first-order valence-electron chi connectivity index (χ1n) is 4.89. The number of hydrogen-bond donors (Lipinski definition) is 1. The Morgan fingerprint density at radius 1 is 1.53 bits per heavy atom. The molecule has 0 radical (unpaired) electrons. The first-order valence-corrected chi connectivity index (χ1v) is 4.89. The molecule has 0 fully saturated rings. The van der Waals surface area contributed by atoms with Crippen molar-refractivity contribution in [3.63, 3.8) is 0 Å². The Balaban J connectivity index is 0.00000128. The Bertz CT molecular complexity index is 526. The molecule has 0 saturated carbocycles. The van der Waals surface area contributed by atoms with E-state index in [1.54, 1.807) is 0 Å². The van der Waals surface area contributed by atoms with Crippen LogP contribution in [-0.2, 0) is 6.42 Å². The summed E-state index contributed by atoms with van der Waals surface area (Å²) in [4.78, 5) is 5.96. The molecule has 0 spiro atoms. The van der Waals surface area contributed by atoms with Gasteiger partial charge in [0.05, 0.1) is 0 Å². The van der Waals surface area contributed by atoms with Crippen molar-refractivity contribution >= 4 is 10.9 Å². The molecule has 0 aliphatic rings. The molecule has 0 unspecified atom stereocenters. The van der Waals surface area contributed by atoms with Gasteiger partial charge in [-0.15, -0.1) is 0 Å². The van der Waals surface area contributed by atoms with Crippen LogP contribution in [0.5, 0.6) is 0 Å². The maximum atomic E-state index is 8.20. The lowest BCUT2D eigenvalue weighted by atomic mass is 10.1. The molecule has 4 heteroatoms. The lowest BCUT2D eigenvalue weighted by Gasteiger charge is -1.97. The van der Waals surface area contributed by atoms with Crippen molar-refractivity contribution in [1.29, 1.82) is 0 Å². The van der Waals surface area contributed by atoms with E-state index in [1.807, 2.05) is 6.20 Å². The first kappa shape index (κ1) is 9.62. The zero-order chi connectivity index (χ0) is 10.7. The van der Waals surface area contributed by atoms with E-state index in [9.17, 15) is 0 Å². The molecule has 1 aromatic carbocycles. The third-order valence-corrected chi connectivity index (χ3v) is 2.47. The molecule has 1 aromatic heterocycles. The molecule has 0 bridgehead atoms. The van der Waals surface area contributed by atoms with Gasteiger partial charge in [0.2, 0.25) is 0 Å². The van der Waals surface area contributed by atoms with Crippen LogP contribution in [0.2, 0.25) is 0 Å². The topological polar surface area (TPSA) is 64.5 Å². The van der Waals surface area contributed by atoms with Crippen molar-refractivity contribution in [2.24, 2.45) is 5.11 Å². The highest BCUT2D eigenvalue weighted by atomic mass is 15.1. The van der Waals surface area contributed by atoms with Crippen molar-refractivity contribution in [3.05, 3.63) is 46.0 Å². The van der Waals surface area contributed by atoms with Gasteiger partial charge < -0.3 is 4.98 Å². The third kappa shape index (κ3) is 1.95. The van der Waals surface area contributed by atoms with Gasteiger partial charge in [0.1, 0.15) is 0 Å². The maximum Gasteiger partial charge on any atom is 0.0456 e. The average Bonchev–Trinajstić information content (AvgIpc) is 2.62. The molecule has 2 aromatic rings. The van der Waals surface area contributed by atoms with Crippen LogP contribution in [-0.4, -0.2) is 11.5 Å². The highest BCUT2D eigenvalue weighted by Crippen LogP contribution is 2.19. The minimum Gasteiger partial charge on any atom is -0.361 e. The molecule has 2 rings (SSSR count). The molecular weight excluding hydrogens is 188 g/mol. The van der Waals surface area contributed by atoms with E-state index in [-0.39, 0.29) is 1.43 Å². The Hall–Kier alpha value is -1.93. The van der Waals surface area contributed by atoms with E-state index in [2.05, 4.69) is 40.1 Å². The lowest BCUT2D eigenvalue weighted by Crippen LogP contribution is -1.86. The molecule has 4 nitrogen and oxygen atoms in total. The summed E-state index contributed by atoms with van der Waals surface area (Å²) in [6.07, 6.45) is 2.77. The zero-order valence-electron chi connectivity index (χ0n) is 8.57. The number of hydrogen-bond acceptors (Lipinski definition) is 1. The second-order valence-electron chi connectivity index (χ2n) is 3.57. The van der Waals surface area contributed by atoms with Crippen LogP contribution in [0.4, 0.5) is 0 Å². The predicted octanol–water partition coefficient (Wildman–Crippen LogP) is 3.58. The van der Waals surface area contributed by atoms with E-state index in [0.717, 1.165) is 11.9 Å². The lowest BCUT2D eigenvalue weighted by molar-refractivity contribution is 0.963. The molecule has 0 aliphatic heterocycles. The SMILES string of the molecule is Cc1ccc2[nH]cc(CCN=[N+]=[N-])c2c1.[HH]. The number of aromatic nitrogens is 1. The van der Waals surface area contributed by atoms with Gasteiger partial charge in [-0.1, -0.05) is 16.7 Å². The standard InChI is InChI=1S/C11H12N4.H2/c1-8-2-3-11-10(6-8)9(7-13-11)4-5-14-15-12;/h2-3,6-7,13H,4-5H2,1H3;1H. The van der Waals surface area contributed by atoms with Crippen molar-refractivity contribution < 1.29 is 1.43 Å². The number of aromatic amines is 1. The zero-order valence-corrected chi connectivity index (χ0v) is 8.57. The quantitative estimate of drug-likeness (QED) is 0.449. The molecule has 78 valence electrons.